The molecular formula is C21H24F3N3O2. The van der Waals surface area contributed by atoms with Crippen molar-refractivity contribution in [3.63, 3.8) is 0 Å². The fraction of sp³-hybridized carbons (Fsp3) is 0.333. The maximum atomic E-state index is 13.0. The zero-order valence-electron chi connectivity index (χ0n) is 16.5. The second-order valence-corrected chi connectivity index (χ2v) is 6.84. The largest absolute Gasteiger partial charge is 0.418 e. The van der Waals surface area contributed by atoms with Gasteiger partial charge in [0.05, 0.1) is 24.3 Å². The second-order valence-electron chi connectivity index (χ2n) is 6.84. The molecular weight excluding hydrogens is 383 g/mol. The molecule has 0 bridgehead atoms. The van der Waals surface area contributed by atoms with E-state index in [-0.39, 0.29) is 30.7 Å². The van der Waals surface area contributed by atoms with Crippen molar-refractivity contribution in [2.45, 2.75) is 19.1 Å². The smallest absolute Gasteiger partial charge is 0.335 e. The van der Waals surface area contributed by atoms with Crippen LogP contribution in [0.1, 0.15) is 24.1 Å². The van der Waals surface area contributed by atoms with Gasteiger partial charge in [-0.25, -0.2) is 0 Å². The van der Waals surface area contributed by atoms with Crippen LogP contribution in [-0.2, 0) is 15.8 Å². The first kappa shape index (κ1) is 22.4. The lowest BCUT2D eigenvalue weighted by atomic mass is 10.1. The number of benzene rings is 2. The zero-order chi connectivity index (χ0) is 21.6. The third kappa shape index (κ3) is 6.32. The summed E-state index contributed by atoms with van der Waals surface area (Å²) in [6.07, 6.45) is -4.58. The number of nitrogens with zero attached hydrogens (tertiary/aromatic N) is 2. The standard InChI is InChI=1S/C21H24F3N3O2/c1-15(16-9-5-4-6-10-16)26(2)14-20(29)27(3)13-19(28)25-18-12-8-7-11-17(18)21(22,23)24/h4-12,15H,13-14H2,1-3H3,(H,25,28)/t15-/m0/s1. The number of nitrogens with one attached hydrogen (secondary N) is 1. The van der Waals surface area contributed by atoms with Crippen molar-refractivity contribution in [2.75, 3.05) is 32.5 Å². The van der Waals surface area contributed by atoms with Crippen molar-refractivity contribution in [1.29, 1.82) is 0 Å². The van der Waals surface area contributed by atoms with Crippen LogP contribution in [-0.4, -0.2) is 48.8 Å². The average Bonchev–Trinajstić information content (AvgIpc) is 2.67. The molecule has 0 aliphatic heterocycles. The zero-order valence-corrected chi connectivity index (χ0v) is 16.5. The van der Waals surface area contributed by atoms with Crippen LogP contribution in [0.2, 0.25) is 0 Å². The molecule has 0 radical (unpaired) electrons. The number of halogens is 3. The van der Waals surface area contributed by atoms with E-state index in [0.717, 1.165) is 11.6 Å². The van der Waals surface area contributed by atoms with E-state index < -0.39 is 17.6 Å². The number of anilines is 1. The Bertz CT molecular complexity index is 841. The van der Waals surface area contributed by atoms with Crippen LogP contribution in [0.5, 0.6) is 0 Å². The quantitative estimate of drug-likeness (QED) is 0.760. The highest BCUT2D eigenvalue weighted by molar-refractivity contribution is 5.95. The van der Waals surface area contributed by atoms with Crippen LogP contribution < -0.4 is 5.32 Å². The molecule has 156 valence electrons. The molecule has 1 atom stereocenters. The molecule has 2 aromatic rings. The maximum Gasteiger partial charge on any atom is 0.418 e. The van der Waals surface area contributed by atoms with Crippen molar-refractivity contribution < 1.29 is 22.8 Å². The normalized spacial score (nSPS) is 12.5. The summed E-state index contributed by atoms with van der Waals surface area (Å²) in [5.74, 6) is -1.01. The van der Waals surface area contributed by atoms with Gasteiger partial charge < -0.3 is 10.2 Å². The van der Waals surface area contributed by atoms with Gasteiger partial charge in [0, 0.05) is 13.1 Å². The number of hydrogen-bond donors (Lipinski definition) is 1. The summed E-state index contributed by atoms with van der Waals surface area (Å²) in [7, 11) is 3.24. The number of amides is 2. The van der Waals surface area contributed by atoms with Gasteiger partial charge in [-0.1, -0.05) is 42.5 Å². The average molecular weight is 407 g/mol. The lowest BCUT2D eigenvalue weighted by Crippen LogP contribution is -2.41. The molecule has 0 fully saturated rings. The van der Waals surface area contributed by atoms with Crippen molar-refractivity contribution in [2.24, 2.45) is 0 Å². The Hall–Kier alpha value is -2.87. The van der Waals surface area contributed by atoms with E-state index >= 15 is 0 Å². The fourth-order valence-corrected chi connectivity index (χ4v) is 2.79. The van der Waals surface area contributed by atoms with Crippen molar-refractivity contribution in [3.8, 4) is 0 Å². The number of rotatable bonds is 7. The number of para-hydroxylation sites is 1. The Morgan fingerprint density at radius 1 is 0.966 bits per heavy atom. The van der Waals surface area contributed by atoms with Gasteiger partial charge >= 0.3 is 6.18 Å². The Balaban J connectivity index is 1.93. The monoisotopic (exact) mass is 407 g/mol. The Morgan fingerprint density at radius 3 is 2.17 bits per heavy atom. The molecule has 2 rings (SSSR count). The molecule has 0 saturated carbocycles. The number of likely N-dealkylation sites (N-methyl/N-ethyl adjacent to an activating group) is 2. The second kappa shape index (κ2) is 9.56. The molecule has 0 spiro atoms. The summed E-state index contributed by atoms with van der Waals surface area (Å²) in [5, 5.41) is 2.24. The highest BCUT2D eigenvalue weighted by atomic mass is 19.4. The summed E-state index contributed by atoms with van der Waals surface area (Å²) in [6, 6.07) is 14.4. The maximum absolute atomic E-state index is 13.0. The SMILES string of the molecule is C[C@@H](c1ccccc1)N(C)CC(=O)N(C)CC(=O)Nc1ccccc1C(F)(F)F. The molecule has 2 aromatic carbocycles. The van der Waals surface area contributed by atoms with E-state index in [4.69, 9.17) is 0 Å². The van der Waals surface area contributed by atoms with Gasteiger partial charge in [-0.3, -0.25) is 14.5 Å². The molecule has 5 nitrogen and oxygen atoms in total. The lowest BCUT2D eigenvalue weighted by Gasteiger charge is -2.27. The van der Waals surface area contributed by atoms with Crippen molar-refractivity contribution in [1.82, 2.24) is 9.80 Å². The van der Waals surface area contributed by atoms with Gasteiger partial charge in [-0.2, -0.15) is 13.2 Å². The minimum absolute atomic E-state index is 0.0129. The third-order valence-electron chi connectivity index (χ3n) is 4.64. The summed E-state index contributed by atoms with van der Waals surface area (Å²) in [6.45, 7) is 1.68. The molecule has 0 aliphatic rings. The van der Waals surface area contributed by atoms with Gasteiger partial charge in [0.2, 0.25) is 11.8 Å². The highest BCUT2D eigenvalue weighted by Crippen LogP contribution is 2.34. The number of alkyl halides is 3. The van der Waals surface area contributed by atoms with Crippen LogP contribution in [0.3, 0.4) is 0 Å². The molecule has 29 heavy (non-hydrogen) atoms. The van der Waals surface area contributed by atoms with Gasteiger partial charge in [-0.15, -0.1) is 0 Å². The molecule has 2 amide bonds. The van der Waals surface area contributed by atoms with E-state index in [2.05, 4.69) is 5.32 Å². The highest BCUT2D eigenvalue weighted by Gasteiger charge is 2.33. The number of carbonyl (C=O) groups is 2. The number of carbonyl (C=O) groups excluding carboxylic acids is 2. The third-order valence-corrected chi connectivity index (χ3v) is 4.64. The topological polar surface area (TPSA) is 52.7 Å². The first-order valence-corrected chi connectivity index (χ1v) is 9.05. The molecule has 0 heterocycles. The van der Waals surface area contributed by atoms with Crippen molar-refractivity contribution >= 4 is 17.5 Å². The van der Waals surface area contributed by atoms with Gasteiger partial charge in [0.25, 0.3) is 0 Å². The molecule has 0 unspecified atom stereocenters. The Kier molecular flexibility index (Phi) is 7.39. The van der Waals surface area contributed by atoms with Crippen LogP contribution in [0.4, 0.5) is 18.9 Å². The molecule has 0 saturated heterocycles. The van der Waals surface area contributed by atoms with Gasteiger partial charge in [0.15, 0.2) is 0 Å². The Labute approximate surface area is 168 Å². The molecule has 1 N–H and O–H groups in total. The van der Waals surface area contributed by atoms with Crippen LogP contribution in [0.25, 0.3) is 0 Å². The molecule has 0 aromatic heterocycles. The van der Waals surface area contributed by atoms with Gasteiger partial charge in [-0.05, 0) is 31.7 Å². The van der Waals surface area contributed by atoms with E-state index in [9.17, 15) is 22.8 Å². The van der Waals surface area contributed by atoms with E-state index in [1.165, 1.54) is 30.1 Å². The van der Waals surface area contributed by atoms with E-state index in [1.807, 2.05) is 42.2 Å². The molecule has 0 aliphatic carbocycles. The van der Waals surface area contributed by atoms with Gasteiger partial charge in [0.1, 0.15) is 0 Å². The van der Waals surface area contributed by atoms with Crippen LogP contribution >= 0.6 is 0 Å². The summed E-state index contributed by atoms with van der Waals surface area (Å²) in [4.78, 5) is 27.6. The number of hydrogen-bond acceptors (Lipinski definition) is 3. The first-order valence-electron chi connectivity index (χ1n) is 9.05. The fourth-order valence-electron chi connectivity index (χ4n) is 2.79. The minimum atomic E-state index is -4.58. The summed E-state index contributed by atoms with van der Waals surface area (Å²) < 4.78 is 39.1. The van der Waals surface area contributed by atoms with E-state index in [1.54, 1.807) is 7.05 Å². The molecule has 8 heteroatoms. The first-order chi connectivity index (χ1) is 13.6. The summed E-state index contributed by atoms with van der Waals surface area (Å²) in [5.41, 5.74) is -0.216. The Morgan fingerprint density at radius 2 is 1.55 bits per heavy atom. The predicted molar refractivity (Wildman–Crippen MR) is 105 cm³/mol. The minimum Gasteiger partial charge on any atom is -0.335 e. The van der Waals surface area contributed by atoms with Crippen LogP contribution in [0.15, 0.2) is 54.6 Å². The predicted octanol–water partition coefficient (Wildman–Crippen LogP) is 3.80. The lowest BCUT2D eigenvalue weighted by molar-refractivity contribution is -0.137. The van der Waals surface area contributed by atoms with Crippen molar-refractivity contribution in [3.05, 3.63) is 65.7 Å². The van der Waals surface area contributed by atoms with E-state index in [0.29, 0.717) is 0 Å². The van der Waals surface area contributed by atoms with Crippen LogP contribution in [0, 0.1) is 0 Å². The summed E-state index contributed by atoms with van der Waals surface area (Å²) >= 11 is 0.